The van der Waals surface area contributed by atoms with Crippen LogP contribution in [0.3, 0.4) is 0 Å². The molecule has 0 saturated heterocycles. The first kappa shape index (κ1) is 17.4. The number of hydrogen-bond acceptors (Lipinski definition) is 3. The average Bonchev–Trinajstić information content (AvgIpc) is 2.58. The summed E-state index contributed by atoms with van der Waals surface area (Å²) in [4.78, 5) is 13.1. The van der Waals surface area contributed by atoms with Gasteiger partial charge in [0.2, 0.25) is 0 Å². The van der Waals surface area contributed by atoms with Crippen LogP contribution >= 0.6 is 11.8 Å². The summed E-state index contributed by atoms with van der Waals surface area (Å²) in [5.74, 6) is 1.92. The van der Waals surface area contributed by atoms with Crippen LogP contribution in [0, 0.1) is 0 Å². The number of nitrogens with one attached hydrogen (secondary N) is 1. The maximum absolute atomic E-state index is 11.9. The third-order valence-electron chi connectivity index (χ3n) is 3.34. The van der Waals surface area contributed by atoms with Crippen LogP contribution in [0.15, 0.2) is 59.5 Å². The van der Waals surface area contributed by atoms with Crippen molar-refractivity contribution in [3.05, 3.63) is 60.2 Å². The highest BCUT2D eigenvalue weighted by Crippen LogP contribution is 2.25. The molecule has 0 spiro atoms. The highest BCUT2D eigenvalue weighted by molar-refractivity contribution is 7.99. The van der Waals surface area contributed by atoms with E-state index in [1.807, 2.05) is 42.5 Å². The van der Waals surface area contributed by atoms with Crippen LogP contribution in [0.25, 0.3) is 0 Å². The van der Waals surface area contributed by atoms with Gasteiger partial charge >= 0.3 is 0 Å². The molecule has 1 N–H and O–H groups in total. The topological polar surface area (TPSA) is 38.3 Å². The summed E-state index contributed by atoms with van der Waals surface area (Å²) in [6, 6.07) is 18.0. The third kappa shape index (κ3) is 5.99. The van der Waals surface area contributed by atoms with Crippen molar-refractivity contribution in [1.29, 1.82) is 0 Å². The van der Waals surface area contributed by atoms with Gasteiger partial charge in [-0.2, -0.15) is 0 Å². The third-order valence-corrected chi connectivity index (χ3v) is 4.35. The number of rotatable bonds is 8. The van der Waals surface area contributed by atoms with Gasteiger partial charge in [-0.25, -0.2) is 0 Å². The van der Waals surface area contributed by atoms with Gasteiger partial charge in [-0.05, 0) is 29.7 Å². The maximum Gasteiger partial charge on any atom is 0.257 e. The van der Waals surface area contributed by atoms with Crippen LogP contribution in [0.4, 0.5) is 0 Å². The normalized spacial score (nSPS) is 10.6. The molecule has 0 aliphatic carbocycles. The van der Waals surface area contributed by atoms with Crippen molar-refractivity contribution in [1.82, 2.24) is 5.32 Å². The molecule has 0 atom stereocenters. The first-order valence-electron chi connectivity index (χ1n) is 7.83. The fraction of sp³-hybridized carbons (Fsp3) is 0.316. The SMILES string of the molecule is CC(C)c1ccccc1OCC(=O)NCCSc1ccccc1. The fourth-order valence-corrected chi connectivity index (χ4v) is 2.95. The zero-order valence-electron chi connectivity index (χ0n) is 13.6. The Hall–Kier alpha value is -1.94. The average molecular weight is 329 g/mol. The Kier molecular flexibility index (Phi) is 7.01. The molecule has 0 saturated carbocycles. The molecule has 1 amide bonds. The van der Waals surface area contributed by atoms with E-state index in [2.05, 4.69) is 31.3 Å². The van der Waals surface area contributed by atoms with Crippen LogP contribution < -0.4 is 10.1 Å². The lowest BCUT2D eigenvalue weighted by Crippen LogP contribution is -2.30. The van der Waals surface area contributed by atoms with Crippen LogP contribution in [-0.4, -0.2) is 24.8 Å². The molecule has 2 aromatic rings. The van der Waals surface area contributed by atoms with Gasteiger partial charge in [0.15, 0.2) is 6.61 Å². The first-order valence-corrected chi connectivity index (χ1v) is 8.81. The summed E-state index contributed by atoms with van der Waals surface area (Å²) in [5, 5.41) is 2.89. The number of carbonyl (C=O) groups is 1. The Morgan fingerprint density at radius 3 is 2.52 bits per heavy atom. The van der Waals surface area contributed by atoms with Gasteiger partial charge in [0.1, 0.15) is 5.75 Å². The van der Waals surface area contributed by atoms with Crippen LogP contribution in [0.5, 0.6) is 5.75 Å². The number of hydrogen-bond donors (Lipinski definition) is 1. The molecule has 2 rings (SSSR count). The van der Waals surface area contributed by atoms with Crippen molar-refractivity contribution in [3.8, 4) is 5.75 Å². The van der Waals surface area contributed by atoms with E-state index in [1.54, 1.807) is 11.8 Å². The van der Waals surface area contributed by atoms with Gasteiger partial charge in [0, 0.05) is 17.2 Å². The number of thioether (sulfide) groups is 1. The standard InChI is InChI=1S/C19H23NO2S/c1-15(2)17-10-6-7-11-18(17)22-14-19(21)20-12-13-23-16-8-4-3-5-9-16/h3-11,15H,12-14H2,1-2H3,(H,20,21). The molecule has 0 aromatic heterocycles. The molecule has 122 valence electrons. The van der Waals surface area contributed by atoms with E-state index in [1.165, 1.54) is 4.90 Å². The molecule has 0 fully saturated rings. The summed E-state index contributed by atoms with van der Waals surface area (Å²) in [5.41, 5.74) is 1.12. The monoisotopic (exact) mass is 329 g/mol. The van der Waals surface area contributed by atoms with Crippen LogP contribution in [0.2, 0.25) is 0 Å². The molecule has 0 bridgehead atoms. The molecule has 0 radical (unpaired) electrons. The summed E-state index contributed by atoms with van der Waals surface area (Å²) in [7, 11) is 0. The Morgan fingerprint density at radius 2 is 1.78 bits per heavy atom. The predicted octanol–water partition coefficient (Wildman–Crippen LogP) is 4.10. The van der Waals surface area contributed by atoms with Crippen molar-refractivity contribution in [2.75, 3.05) is 18.9 Å². The summed E-state index contributed by atoms with van der Waals surface area (Å²) in [6.45, 7) is 4.92. The van der Waals surface area contributed by atoms with Crippen molar-refractivity contribution < 1.29 is 9.53 Å². The molecule has 23 heavy (non-hydrogen) atoms. The highest BCUT2D eigenvalue weighted by atomic mass is 32.2. The Morgan fingerprint density at radius 1 is 1.09 bits per heavy atom. The van der Waals surface area contributed by atoms with E-state index in [0.29, 0.717) is 12.5 Å². The molecule has 0 aliphatic heterocycles. The van der Waals surface area contributed by atoms with Gasteiger partial charge < -0.3 is 10.1 Å². The molecule has 0 aliphatic rings. The van der Waals surface area contributed by atoms with E-state index in [4.69, 9.17) is 4.74 Å². The summed E-state index contributed by atoms with van der Waals surface area (Å²) >= 11 is 1.73. The van der Waals surface area contributed by atoms with E-state index in [-0.39, 0.29) is 12.5 Å². The Bertz CT molecular complexity index is 614. The van der Waals surface area contributed by atoms with Crippen molar-refractivity contribution in [3.63, 3.8) is 0 Å². The number of benzene rings is 2. The van der Waals surface area contributed by atoms with E-state index < -0.39 is 0 Å². The lowest BCUT2D eigenvalue weighted by molar-refractivity contribution is -0.122. The Balaban J connectivity index is 1.69. The zero-order valence-corrected chi connectivity index (χ0v) is 14.4. The van der Waals surface area contributed by atoms with Crippen molar-refractivity contribution in [2.24, 2.45) is 0 Å². The lowest BCUT2D eigenvalue weighted by Gasteiger charge is -2.13. The van der Waals surface area contributed by atoms with Gasteiger partial charge in [-0.3, -0.25) is 4.79 Å². The highest BCUT2D eigenvalue weighted by Gasteiger charge is 2.08. The molecule has 4 heteroatoms. The number of para-hydroxylation sites is 1. The van der Waals surface area contributed by atoms with E-state index >= 15 is 0 Å². The van der Waals surface area contributed by atoms with Crippen molar-refractivity contribution >= 4 is 17.7 Å². The lowest BCUT2D eigenvalue weighted by atomic mass is 10.0. The second-order valence-electron chi connectivity index (χ2n) is 5.49. The fourth-order valence-electron chi connectivity index (χ4n) is 2.16. The van der Waals surface area contributed by atoms with Gasteiger partial charge in [-0.15, -0.1) is 11.8 Å². The second-order valence-corrected chi connectivity index (χ2v) is 6.66. The number of ether oxygens (including phenoxy) is 1. The number of amides is 1. The molecular weight excluding hydrogens is 306 g/mol. The molecule has 0 heterocycles. The van der Waals surface area contributed by atoms with Crippen LogP contribution in [-0.2, 0) is 4.79 Å². The van der Waals surface area contributed by atoms with Crippen LogP contribution in [0.1, 0.15) is 25.3 Å². The predicted molar refractivity (Wildman–Crippen MR) is 96.2 cm³/mol. The maximum atomic E-state index is 11.9. The molecular formula is C19H23NO2S. The first-order chi connectivity index (χ1) is 11.2. The van der Waals surface area contributed by atoms with E-state index in [0.717, 1.165) is 17.1 Å². The minimum absolute atomic E-state index is 0.0553. The van der Waals surface area contributed by atoms with Gasteiger partial charge in [-0.1, -0.05) is 50.2 Å². The van der Waals surface area contributed by atoms with Crippen molar-refractivity contribution in [2.45, 2.75) is 24.7 Å². The largest absolute Gasteiger partial charge is 0.483 e. The molecule has 0 unspecified atom stereocenters. The summed E-state index contributed by atoms with van der Waals surface area (Å²) < 4.78 is 5.66. The smallest absolute Gasteiger partial charge is 0.257 e. The minimum atomic E-state index is -0.0859. The zero-order chi connectivity index (χ0) is 16.5. The number of carbonyl (C=O) groups excluding carboxylic acids is 1. The second kappa shape index (κ2) is 9.26. The Labute approximate surface area is 142 Å². The van der Waals surface area contributed by atoms with Gasteiger partial charge in [0.05, 0.1) is 0 Å². The van der Waals surface area contributed by atoms with Gasteiger partial charge in [0.25, 0.3) is 5.91 Å². The molecule has 2 aromatic carbocycles. The van der Waals surface area contributed by atoms with E-state index in [9.17, 15) is 4.79 Å². The molecule has 3 nitrogen and oxygen atoms in total. The summed E-state index contributed by atoms with van der Waals surface area (Å²) in [6.07, 6.45) is 0. The quantitative estimate of drug-likeness (QED) is 0.585. The minimum Gasteiger partial charge on any atom is -0.483 e.